The molecule has 0 aromatic heterocycles. The van der Waals surface area contributed by atoms with Crippen molar-refractivity contribution in [3.8, 4) is 0 Å². The Morgan fingerprint density at radius 3 is 2.14 bits per heavy atom. The molecule has 1 rings (SSSR count). The van der Waals surface area contributed by atoms with Gasteiger partial charge in [-0.1, -0.05) is 20.8 Å². The van der Waals surface area contributed by atoms with E-state index in [1.807, 2.05) is 13.8 Å². The monoisotopic (exact) mass is 334 g/mol. The van der Waals surface area contributed by atoms with Crippen LogP contribution in [-0.2, 0) is 23.4 Å². The van der Waals surface area contributed by atoms with E-state index in [0.29, 0.717) is 19.6 Å². The predicted octanol–water partition coefficient (Wildman–Crippen LogP) is 3.82. The molecule has 0 saturated carbocycles. The van der Waals surface area contributed by atoms with Crippen LogP contribution >= 0.6 is 0 Å². The third kappa shape index (κ3) is 5.58. The molecule has 0 aromatic rings. The van der Waals surface area contributed by atoms with Crippen LogP contribution in [0.5, 0.6) is 0 Å². The fourth-order valence-corrected chi connectivity index (χ4v) is 5.11. The molecule has 0 bridgehead atoms. The quantitative estimate of drug-likeness (QED) is 0.449. The van der Waals surface area contributed by atoms with Crippen LogP contribution in [0.3, 0.4) is 0 Å². The van der Waals surface area contributed by atoms with E-state index >= 15 is 0 Å². The summed E-state index contributed by atoms with van der Waals surface area (Å²) in [6.45, 7) is 14.7. The second kappa shape index (κ2) is 9.35. The number of ether oxygens (including phenoxy) is 4. The second-order valence-corrected chi connectivity index (χ2v) is 10.3. The highest BCUT2D eigenvalue weighted by atomic mass is 28.4. The Balaban J connectivity index is 2.69. The smallest absolute Gasteiger partial charge is 0.284 e. The molecule has 1 heterocycles. The first kappa shape index (κ1) is 20.1. The van der Waals surface area contributed by atoms with Gasteiger partial charge in [0.15, 0.2) is 6.29 Å². The van der Waals surface area contributed by atoms with Crippen molar-refractivity contribution < 1.29 is 23.4 Å². The number of hydrogen-bond acceptors (Lipinski definition) is 5. The minimum atomic E-state index is -1.90. The molecule has 0 aliphatic carbocycles. The second-order valence-electron chi connectivity index (χ2n) is 6.11. The molecule has 2 unspecified atom stereocenters. The molecule has 1 aliphatic rings. The van der Waals surface area contributed by atoms with Gasteiger partial charge in [-0.2, -0.15) is 0 Å². The van der Waals surface area contributed by atoms with Gasteiger partial charge in [-0.25, -0.2) is 0 Å². The molecule has 0 amide bonds. The maximum Gasteiger partial charge on any atom is 0.284 e. The molecule has 2 atom stereocenters. The van der Waals surface area contributed by atoms with E-state index in [1.165, 1.54) is 0 Å². The third-order valence-corrected chi connectivity index (χ3v) is 7.12. The van der Waals surface area contributed by atoms with Gasteiger partial charge in [0.05, 0.1) is 18.9 Å². The Hall–Kier alpha value is 0.0169. The summed E-state index contributed by atoms with van der Waals surface area (Å²) in [6.07, 6.45) is 2.89. The largest absolute Gasteiger partial charge is 0.415 e. The standard InChI is InChI=1S/C16H34O5Si/c1-7-14(20-15(8-2)22(5,6)19-10-4)21-16(9-3)17-12-11-13-18-16/h14-15H,7-13H2,1-6H3. The molecule has 0 radical (unpaired) electrons. The molecule has 1 saturated heterocycles. The van der Waals surface area contributed by atoms with Gasteiger partial charge >= 0.3 is 0 Å². The lowest BCUT2D eigenvalue weighted by Crippen LogP contribution is -2.51. The van der Waals surface area contributed by atoms with E-state index in [0.717, 1.165) is 25.9 Å². The SMILES string of the molecule is CCO[Si](C)(C)C(CC)OC(CC)OC1(CC)OCCCO1. The van der Waals surface area contributed by atoms with Crippen molar-refractivity contribution in [1.82, 2.24) is 0 Å². The van der Waals surface area contributed by atoms with Gasteiger partial charge < -0.3 is 18.6 Å². The lowest BCUT2D eigenvalue weighted by atomic mass is 10.3. The molecule has 6 heteroatoms. The molecule has 1 aliphatic heterocycles. The van der Waals surface area contributed by atoms with E-state index in [4.69, 9.17) is 23.4 Å². The van der Waals surface area contributed by atoms with Crippen molar-refractivity contribution in [2.45, 2.75) is 84.5 Å². The van der Waals surface area contributed by atoms with Crippen LogP contribution in [0, 0.1) is 0 Å². The minimum Gasteiger partial charge on any atom is -0.415 e. The summed E-state index contributed by atoms with van der Waals surface area (Å²) in [6, 6.07) is 0. The summed E-state index contributed by atoms with van der Waals surface area (Å²) < 4.78 is 29.8. The van der Waals surface area contributed by atoms with Gasteiger partial charge in [-0.3, -0.25) is 4.74 Å². The Bertz CT molecular complexity index is 305. The van der Waals surface area contributed by atoms with E-state index in [9.17, 15) is 0 Å². The van der Waals surface area contributed by atoms with Gasteiger partial charge in [-0.15, -0.1) is 0 Å². The predicted molar refractivity (Wildman–Crippen MR) is 89.0 cm³/mol. The van der Waals surface area contributed by atoms with Crippen LogP contribution in [0.4, 0.5) is 0 Å². The maximum absolute atomic E-state index is 6.25. The summed E-state index contributed by atoms with van der Waals surface area (Å²) in [5.74, 6) is -0.950. The first-order chi connectivity index (χ1) is 10.4. The Morgan fingerprint density at radius 2 is 1.68 bits per heavy atom. The molecule has 0 aromatic carbocycles. The molecular weight excluding hydrogens is 300 g/mol. The Kier molecular flexibility index (Phi) is 8.52. The van der Waals surface area contributed by atoms with Crippen molar-refractivity contribution in [3.05, 3.63) is 0 Å². The van der Waals surface area contributed by atoms with Crippen LogP contribution in [0.25, 0.3) is 0 Å². The normalized spacial score (nSPS) is 21.5. The molecule has 0 spiro atoms. The van der Waals surface area contributed by atoms with E-state index < -0.39 is 14.3 Å². The van der Waals surface area contributed by atoms with Gasteiger partial charge in [0, 0.05) is 13.0 Å². The Labute approximate surface area is 136 Å². The number of rotatable bonds is 10. The first-order valence-corrected chi connectivity index (χ1v) is 11.7. The van der Waals surface area contributed by atoms with Crippen molar-refractivity contribution in [3.63, 3.8) is 0 Å². The van der Waals surface area contributed by atoms with Crippen LogP contribution in [0.1, 0.15) is 53.4 Å². The van der Waals surface area contributed by atoms with E-state index in [1.54, 1.807) is 0 Å². The van der Waals surface area contributed by atoms with Crippen molar-refractivity contribution >= 4 is 8.32 Å². The zero-order valence-electron chi connectivity index (χ0n) is 15.1. The average molecular weight is 335 g/mol. The van der Waals surface area contributed by atoms with E-state index in [-0.39, 0.29) is 12.0 Å². The lowest BCUT2D eigenvalue weighted by molar-refractivity contribution is -0.436. The summed E-state index contributed by atoms with van der Waals surface area (Å²) in [4.78, 5) is 0. The molecule has 1 fully saturated rings. The molecule has 5 nitrogen and oxygen atoms in total. The zero-order chi connectivity index (χ0) is 16.6. The lowest BCUT2D eigenvalue weighted by Gasteiger charge is -2.40. The van der Waals surface area contributed by atoms with Crippen molar-refractivity contribution in [1.29, 1.82) is 0 Å². The van der Waals surface area contributed by atoms with E-state index in [2.05, 4.69) is 26.9 Å². The van der Waals surface area contributed by atoms with Crippen LogP contribution in [0.2, 0.25) is 13.1 Å². The van der Waals surface area contributed by atoms with Gasteiger partial charge in [0.2, 0.25) is 8.32 Å². The average Bonchev–Trinajstić information content (AvgIpc) is 2.52. The fourth-order valence-electron chi connectivity index (χ4n) is 2.72. The molecule has 132 valence electrons. The topological polar surface area (TPSA) is 46.2 Å². The number of hydrogen-bond donors (Lipinski definition) is 0. The molecule has 0 N–H and O–H groups in total. The molecule has 22 heavy (non-hydrogen) atoms. The van der Waals surface area contributed by atoms with Gasteiger partial charge in [0.1, 0.15) is 0 Å². The summed E-state index contributed by atoms with van der Waals surface area (Å²) in [5, 5.41) is 0. The van der Waals surface area contributed by atoms with Crippen LogP contribution in [0.15, 0.2) is 0 Å². The molecular formula is C16H34O5Si. The van der Waals surface area contributed by atoms with Crippen LogP contribution in [-0.4, -0.2) is 46.1 Å². The van der Waals surface area contributed by atoms with Crippen molar-refractivity contribution in [2.75, 3.05) is 19.8 Å². The minimum absolute atomic E-state index is 0.0925. The highest BCUT2D eigenvalue weighted by Gasteiger charge is 2.40. The third-order valence-electron chi connectivity index (χ3n) is 3.99. The van der Waals surface area contributed by atoms with Gasteiger partial charge in [0.25, 0.3) is 5.97 Å². The Morgan fingerprint density at radius 1 is 1.05 bits per heavy atom. The highest BCUT2D eigenvalue weighted by molar-refractivity contribution is 6.72. The zero-order valence-corrected chi connectivity index (χ0v) is 16.1. The fraction of sp³-hybridized carbons (Fsp3) is 1.00. The highest BCUT2D eigenvalue weighted by Crippen LogP contribution is 2.29. The summed E-state index contributed by atoms with van der Waals surface area (Å²) in [7, 11) is -1.90. The first-order valence-electron chi connectivity index (χ1n) is 8.68. The summed E-state index contributed by atoms with van der Waals surface area (Å²) in [5.41, 5.74) is 0.0925. The van der Waals surface area contributed by atoms with Crippen molar-refractivity contribution in [2.24, 2.45) is 0 Å². The van der Waals surface area contributed by atoms with Crippen LogP contribution < -0.4 is 0 Å². The van der Waals surface area contributed by atoms with Gasteiger partial charge in [-0.05, 0) is 39.3 Å². The summed E-state index contributed by atoms with van der Waals surface area (Å²) >= 11 is 0. The maximum atomic E-state index is 6.25.